The first-order valence-electron chi connectivity index (χ1n) is 11.4. The van der Waals surface area contributed by atoms with E-state index in [9.17, 15) is 0 Å². The summed E-state index contributed by atoms with van der Waals surface area (Å²) < 4.78 is 0. The van der Waals surface area contributed by atoms with E-state index >= 15 is 0 Å². The minimum atomic E-state index is 1.14. The molecule has 5 aromatic rings. The fourth-order valence-corrected chi connectivity index (χ4v) is 4.43. The largest absolute Gasteiger partial charge is 0.311 e. The monoisotopic (exact) mass is 455 g/mol. The molecule has 1 heterocycles. The number of nitrogens with zero attached hydrogens (tertiary/aromatic N) is 1. The number of para-hydroxylation sites is 2. The van der Waals surface area contributed by atoms with Crippen molar-refractivity contribution in [3.8, 4) is 0 Å². The van der Waals surface area contributed by atoms with Gasteiger partial charge in [0.1, 0.15) is 0 Å². The van der Waals surface area contributed by atoms with Crippen LogP contribution < -0.4 is 4.90 Å². The topological polar surface area (TPSA) is 3.24 Å². The normalized spacial score (nSPS) is 11.3. The van der Waals surface area contributed by atoms with Crippen LogP contribution in [0.25, 0.3) is 24.3 Å². The van der Waals surface area contributed by atoms with E-state index < -0.39 is 0 Å². The highest BCUT2D eigenvalue weighted by Crippen LogP contribution is 2.34. The van der Waals surface area contributed by atoms with Crippen LogP contribution in [0.5, 0.6) is 0 Å². The Kier molecular flexibility index (Phi) is 6.80. The molecule has 0 aliphatic carbocycles. The van der Waals surface area contributed by atoms with Crippen molar-refractivity contribution in [1.29, 1.82) is 0 Å². The predicted octanol–water partition coefficient (Wildman–Crippen LogP) is 9.56. The van der Waals surface area contributed by atoms with Crippen LogP contribution in [0.15, 0.2) is 127 Å². The van der Waals surface area contributed by atoms with E-state index in [-0.39, 0.29) is 0 Å². The fourth-order valence-electron chi connectivity index (χ4n) is 3.81. The molecule has 34 heavy (non-hydrogen) atoms. The highest BCUT2D eigenvalue weighted by molar-refractivity contribution is 7.10. The fraction of sp³-hybridized carbons (Fsp3) is 0. The van der Waals surface area contributed by atoms with Gasteiger partial charge in [-0.3, -0.25) is 0 Å². The van der Waals surface area contributed by atoms with E-state index in [1.807, 2.05) is 12.1 Å². The predicted molar refractivity (Wildman–Crippen MR) is 150 cm³/mol. The van der Waals surface area contributed by atoms with Gasteiger partial charge in [0.2, 0.25) is 0 Å². The SMILES string of the molecule is C(=C\c1ccc(N(c2ccccc2)c2ccccc2)cc1)/c1ccc(/C=C/c2cccs2)cc1. The smallest absolute Gasteiger partial charge is 0.0462 e. The molecule has 0 radical (unpaired) electrons. The van der Waals surface area contributed by atoms with Crippen molar-refractivity contribution in [1.82, 2.24) is 0 Å². The van der Waals surface area contributed by atoms with Crippen LogP contribution in [0.3, 0.4) is 0 Å². The molecule has 0 amide bonds. The molecule has 4 aromatic carbocycles. The average molecular weight is 456 g/mol. The quantitative estimate of drug-likeness (QED) is 0.221. The van der Waals surface area contributed by atoms with Gasteiger partial charge in [-0.2, -0.15) is 0 Å². The van der Waals surface area contributed by atoms with Gasteiger partial charge in [-0.15, -0.1) is 11.3 Å². The zero-order valence-electron chi connectivity index (χ0n) is 18.8. The van der Waals surface area contributed by atoms with E-state index in [0.717, 1.165) is 17.1 Å². The summed E-state index contributed by atoms with van der Waals surface area (Å²) in [5.41, 5.74) is 6.99. The Bertz CT molecular complexity index is 1310. The van der Waals surface area contributed by atoms with Gasteiger partial charge in [-0.1, -0.05) is 97.1 Å². The Morgan fingerprint density at radius 2 is 0.853 bits per heavy atom. The Morgan fingerprint density at radius 3 is 1.32 bits per heavy atom. The molecule has 0 N–H and O–H groups in total. The third-order valence-corrected chi connectivity index (χ3v) is 6.41. The minimum Gasteiger partial charge on any atom is -0.311 e. The lowest BCUT2D eigenvalue weighted by Crippen LogP contribution is -2.09. The van der Waals surface area contributed by atoms with Crippen LogP contribution >= 0.6 is 11.3 Å². The van der Waals surface area contributed by atoms with Gasteiger partial charge in [0, 0.05) is 21.9 Å². The molecule has 0 aliphatic rings. The summed E-state index contributed by atoms with van der Waals surface area (Å²) in [5.74, 6) is 0. The Hall–Kier alpha value is -4.14. The van der Waals surface area contributed by atoms with E-state index in [2.05, 4.69) is 144 Å². The van der Waals surface area contributed by atoms with Crippen molar-refractivity contribution in [2.45, 2.75) is 0 Å². The van der Waals surface area contributed by atoms with E-state index in [4.69, 9.17) is 0 Å². The summed E-state index contributed by atoms with van der Waals surface area (Å²) in [4.78, 5) is 3.54. The van der Waals surface area contributed by atoms with Crippen LogP contribution in [0, 0.1) is 0 Å². The minimum absolute atomic E-state index is 1.14. The maximum atomic E-state index is 2.27. The molecule has 164 valence electrons. The van der Waals surface area contributed by atoms with Crippen molar-refractivity contribution < 1.29 is 0 Å². The lowest BCUT2D eigenvalue weighted by atomic mass is 10.1. The van der Waals surface area contributed by atoms with Crippen molar-refractivity contribution in [2.75, 3.05) is 4.90 Å². The maximum Gasteiger partial charge on any atom is 0.0462 e. The van der Waals surface area contributed by atoms with Gasteiger partial charge >= 0.3 is 0 Å². The molecule has 5 rings (SSSR count). The van der Waals surface area contributed by atoms with Crippen LogP contribution in [0.4, 0.5) is 17.1 Å². The Balaban J connectivity index is 1.31. The van der Waals surface area contributed by atoms with Crippen LogP contribution in [-0.4, -0.2) is 0 Å². The molecular formula is C32H25NS. The molecule has 0 atom stereocenters. The molecule has 0 saturated carbocycles. The van der Waals surface area contributed by atoms with Crippen LogP contribution in [-0.2, 0) is 0 Å². The molecule has 2 heteroatoms. The van der Waals surface area contributed by atoms with Crippen molar-refractivity contribution >= 4 is 52.7 Å². The Morgan fingerprint density at radius 1 is 0.412 bits per heavy atom. The average Bonchev–Trinajstić information content (AvgIpc) is 3.43. The second-order valence-electron chi connectivity index (χ2n) is 7.95. The number of rotatable bonds is 7. The molecular weight excluding hydrogens is 430 g/mol. The third kappa shape index (κ3) is 5.43. The third-order valence-electron chi connectivity index (χ3n) is 5.57. The summed E-state index contributed by atoms with van der Waals surface area (Å²) in [7, 11) is 0. The van der Waals surface area contributed by atoms with Gasteiger partial charge in [0.15, 0.2) is 0 Å². The van der Waals surface area contributed by atoms with Gasteiger partial charge < -0.3 is 4.90 Å². The maximum absolute atomic E-state index is 2.27. The number of hydrogen-bond acceptors (Lipinski definition) is 2. The summed E-state index contributed by atoms with van der Waals surface area (Å²) >= 11 is 1.75. The summed E-state index contributed by atoms with van der Waals surface area (Å²) in [6.07, 6.45) is 8.64. The summed E-state index contributed by atoms with van der Waals surface area (Å²) in [6.45, 7) is 0. The van der Waals surface area contributed by atoms with Gasteiger partial charge in [-0.05, 0) is 70.6 Å². The van der Waals surface area contributed by atoms with E-state index in [1.54, 1.807) is 11.3 Å². The summed E-state index contributed by atoms with van der Waals surface area (Å²) in [5, 5.41) is 2.10. The number of anilines is 3. The lowest BCUT2D eigenvalue weighted by molar-refractivity contribution is 1.28. The lowest BCUT2D eigenvalue weighted by Gasteiger charge is -2.25. The zero-order chi connectivity index (χ0) is 23.0. The van der Waals surface area contributed by atoms with Gasteiger partial charge in [0.05, 0.1) is 0 Å². The first-order chi connectivity index (χ1) is 16.8. The highest BCUT2D eigenvalue weighted by atomic mass is 32.1. The van der Waals surface area contributed by atoms with Crippen LogP contribution in [0.2, 0.25) is 0 Å². The number of benzene rings is 4. The van der Waals surface area contributed by atoms with E-state index in [0.29, 0.717) is 0 Å². The van der Waals surface area contributed by atoms with Crippen molar-refractivity contribution in [3.05, 3.63) is 148 Å². The summed E-state index contributed by atoms with van der Waals surface area (Å²) in [6, 6.07) is 42.5. The second-order valence-corrected chi connectivity index (χ2v) is 8.93. The Labute approximate surface area is 205 Å². The molecule has 0 aliphatic heterocycles. The van der Waals surface area contributed by atoms with Gasteiger partial charge in [0.25, 0.3) is 0 Å². The molecule has 0 spiro atoms. The second kappa shape index (κ2) is 10.7. The van der Waals surface area contributed by atoms with Crippen molar-refractivity contribution in [3.63, 3.8) is 0 Å². The molecule has 1 nitrogen and oxygen atoms in total. The van der Waals surface area contributed by atoms with Crippen LogP contribution in [0.1, 0.15) is 21.6 Å². The first-order valence-corrected chi connectivity index (χ1v) is 12.2. The molecule has 0 bridgehead atoms. The standard InChI is InChI=1S/C32H25NS/c1-3-8-29(9-4-1)33(30-10-5-2-6-11-30)31-22-19-28(20-23-31)18-15-26-13-16-27(17-14-26)21-24-32-12-7-25-34-32/h1-25H/b18-15+,24-21+. The number of hydrogen-bond donors (Lipinski definition) is 0. The van der Waals surface area contributed by atoms with Gasteiger partial charge in [-0.25, -0.2) is 0 Å². The number of thiophene rings is 1. The van der Waals surface area contributed by atoms with Crippen molar-refractivity contribution in [2.24, 2.45) is 0 Å². The first kappa shape index (κ1) is 21.7. The molecule has 1 aromatic heterocycles. The molecule has 0 fully saturated rings. The zero-order valence-corrected chi connectivity index (χ0v) is 19.6. The molecule has 0 saturated heterocycles. The molecule has 0 unspecified atom stereocenters. The highest BCUT2D eigenvalue weighted by Gasteiger charge is 2.11. The van der Waals surface area contributed by atoms with E-state index in [1.165, 1.54) is 21.6 Å².